The van der Waals surface area contributed by atoms with E-state index in [4.69, 9.17) is 19.3 Å². The van der Waals surface area contributed by atoms with Crippen molar-refractivity contribution in [2.45, 2.75) is 25.0 Å². The smallest absolute Gasteiger partial charge is 0.350 e. The van der Waals surface area contributed by atoms with Gasteiger partial charge in [0.2, 0.25) is 5.79 Å². The summed E-state index contributed by atoms with van der Waals surface area (Å²) in [5.41, 5.74) is 2.65. The predicted octanol–water partition coefficient (Wildman–Crippen LogP) is 2.57. The second-order valence-corrected chi connectivity index (χ2v) is 11.5. The fourth-order valence-electron chi connectivity index (χ4n) is 6.03. The molecule has 2 aliphatic rings. The van der Waals surface area contributed by atoms with Gasteiger partial charge in [-0.1, -0.05) is 0 Å². The number of aliphatic hydroxyl groups excluding tert-OH is 1. The Morgan fingerprint density at radius 3 is 2.23 bits per heavy atom. The van der Waals surface area contributed by atoms with Crippen molar-refractivity contribution in [3.8, 4) is 11.4 Å². The zero-order valence-electron chi connectivity index (χ0n) is 25.9. The summed E-state index contributed by atoms with van der Waals surface area (Å²) in [5, 5.41) is 17.2. The molecule has 2 fully saturated rings. The van der Waals surface area contributed by atoms with Gasteiger partial charge in [-0.05, 0) is 60.7 Å². The molecule has 0 spiro atoms. The van der Waals surface area contributed by atoms with Crippen LogP contribution in [-0.2, 0) is 28.4 Å². The van der Waals surface area contributed by atoms with E-state index in [0.29, 0.717) is 11.4 Å². The molecule has 2 aliphatic heterocycles. The van der Waals surface area contributed by atoms with E-state index in [1.807, 2.05) is 48.5 Å². The Morgan fingerprint density at radius 2 is 1.58 bits per heavy atom. The van der Waals surface area contributed by atoms with Gasteiger partial charge in [-0.25, -0.2) is 32.5 Å². The summed E-state index contributed by atoms with van der Waals surface area (Å²) in [7, 11) is 0. The maximum absolute atomic E-state index is 14.9. The normalized spacial score (nSPS) is 19.6. The van der Waals surface area contributed by atoms with Crippen LogP contribution in [0.1, 0.15) is 5.56 Å². The Labute approximate surface area is 274 Å². The van der Waals surface area contributed by atoms with Gasteiger partial charge in [-0.2, -0.15) is 10.2 Å². The highest BCUT2D eigenvalue weighted by atomic mass is 19.1. The first-order valence-corrected chi connectivity index (χ1v) is 15.6. The molecule has 2 aromatic heterocycles. The number of hydrogen-bond donors (Lipinski definition) is 1. The van der Waals surface area contributed by atoms with Gasteiger partial charge in [0, 0.05) is 49.2 Å². The first-order chi connectivity index (χ1) is 23.4. The molecule has 0 amide bonds. The summed E-state index contributed by atoms with van der Waals surface area (Å²) >= 11 is 0. The van der Waals surface area contributed by atoms with Crippen LogP contribution in [0.2, 0.25) is 0 Å². The third kappa shape index (κ3) is 6.52. The van der Waals surface area contributed by atoms with E-state index in [-0.39, 0.29) is 44.2 Å². The first-order valence-electron chi connectivity index (χ1n) is 15.6. The highest BCUT2D eigenvalue weighted by molar-refractivity contribution is 5.54. The number of hydrogen-bond acceptors (Lipinski definition) is 10. The molecule has 2 atom stereocenters. The zero-order valence-corrected chi connectivity index (χ0v) is 25.9. The van der Waals surface area contributed by atoms with E-state index in [9.17, 15) is 13.6 Å². The summed E-state index contributed by atoms with van der Waals surface area (Å²) < 4.78 is 50.9. The van der Waals surface area contributed by atoms with Crippen molar-refractivity contribution in [3.63, 3.8) is 0 Å². The molecular weight excluding hydrogens is 626 g/mol. The van der Waals surface area contributed by atoms with E-state index < -0.39 is 23.5 Å². The molecule has 13 nitrogen and oxygen atoms in total. The number of piperazine rings is 1. The maximum atomic E-state index is 14.9. The van der Waals surface area contributed by atoms with E-state index in [1.54, 1.807) is 0 Å². The molecule has 1 N–H and O–H groups in total. The van der Waals surface area contributed by atoms with Crippen molar-refractivity contribution in [1.29, 1.82) is 0 Å². The Hall–Kier alpha value is -5.12. The van der Waals surface area contributed by atoms with E-state index in [0.717, 1.165) is 43.6 Å². The van der Waals surface area contributed by atoms with Crippen LogP contribution in [0.3, 0.4) is 0 Å². The third-order valence-electron chi connectivity index (χ3n) is 8.49. The molecule has 15 heteroatoms. The minimum Gasteiger partial charge on any atom is -0.491 e. The van der Waals surface area contributed by atoms with Crippen molar-refractivity contribution in [2.24, 2.45) is 0 Å². The van der Waals surface area contributed by atoms with Gasteiger partial charge in [-0.15, -0.1) is 0 Å². The average molecular weight is 661 g/mol. The Kier molecular flexibility index (Phi) is 8.88. The molecule has 0 radical (unpaired) electrons. The Balaban J connectivity index is 0.925. The fourth-order valence-corrected chi connectivity index (χ4v) is 6.03. The van der Waals surface area contributed by atoms with Gasteiger partial charge in [0.15, 0.2) is 0 Å². The topological polar surface area (TPSA) is 125 Å². The van der Waals surface area contributed by atoms with Crippen molar-refractivity contribution < 1.29 is 28.1 Å². The fraction of sp³-hybridized carbons (Fsp3) is 0.333. The standard InChI is InChI=1S/C33H34F2N8O5/c34-24-1-10-30(31(35)17-24)33(20-41-22-36-21-37-41)47-19-29(48-33)18-46-28-8-6-26(7-9-28)40-13-11-39(12-14-40)25-2-4-27(5-3-25)42-23-38-43(15-16-44)32(42)45/h1-10,17,21-23,29,44H,11-16,18-20H2. The monoisotopic (exact) mass is 660 g/mol. The third-order valence-corrected chi connectivity index (χ3v) is 8.49. The quantitative estimate of drug-likeness (QED) is 0.226. The molecule has 0 saturated carbocycles. The second kappa shape index (κ2) is 13.5. The summed E-state index contributed by atoms with van der Waals surface area (Å²) in [6.45, 7) is 3.66. The highest BCUT2D eigenvalue weighted by Gasteiger charge is 2.46. The summed E-state index contributed by atoms with van der Waals surface area (Å²) in [4.78, 5) is 21.0. The zero-order chi connectivity index (χ0) is 33.1. The molecule has 5 aromatic rings. The van der Waals surface area contributed by atoms with Crippen molar-refractivity contribution in [1.82, 2.24) is 29.1 Å². The Bertz CT molecular complexity index is 1880. The molecule has 7 rings (SSSR count). The van der Waals surface area contributed by atoms with Gasteiger partial charge in [-0.3, -0.25) is 0 Å². The molecule has 0 aliphatic carbocycles. The predicted molar refractivity (Wildman–Crippen MR) is 170 cm³/mol. The lowest BCUT2D eigenvalue weighted by Crippen LogP contribution is -2.46. The molecule has 3 aromatic carbocycles. The van der Waals surface area contributed by atoms with Crippen LogP contribution >= 0.6 is 0 Å². The number of aromatic nitrogens is 6. The van der Waals surface area contributed by atoms with Gasteiger partial charge in [0.1, 0.15) is 55.6 Å². The largest absolute Gasteiger partial charge is 0.491 e. The second-order valence-electron chi connectivity index (χ2n) is 11.5. The number of halogens is 2. The molecule has 2 saturated heterocycles. The Morgan fingerprint density at radius 1 is 0.896 bits per heavy atom. The van der Waals surface area contributed by atoms with Crippen LogP contribution < -0.4 is 20.2 Å². The first kappa shape index (κ1) is 31.5. The minimum atomic E-state index is -1.52. The van der Waals surface area contributed by atoms with Crippen LogP contribution in [0.25, 0.3) is 5.69 Å². The summed E-state index contributed by atoms with van der Waals surface area (Å²) in [6.07, 6.45) is 3.79. The van der Waals surface area contributed by atoms with Crippen LogP contribution in [0.4, 0.5) is 20.2 Å². The lowest BCUT2D eigenvalue weighted by molar-refractivity contribution is -0.192. The summed E-state index contributed by atoms with van der Waals surface area (Å²) in [5.74, 6) is -2.33. The van der Waals surface area contributed by atoms with Crippen molar-refractivity contribution >= 4 is 11.4 Å². The van der Waals surface area contributed by atoms with Gasteiger partial charge in [0.05, 0.1) is 25.4 Å². The van der Waals surface area contributed by atoms with Crippen LogP contribution in [0.15, 0.2) is 90.5 Å². The molecule has 2 unspecified atom stereocenters. The minimum absolute atomic E-state index is 0.0270. The summed E-state index contributed by atoms with van der Waals surface area (Å²) in [6, 6.07) is 18.9. The number of aliphatic hydroxyl groups is 1. The molecule has 48 heavy (non-hydrogen) atoms. The lowest BCUT2D eigenvalue weighted by atomic mass is 10.0. The lowest BCUT2D eigenvalue weighted by Gasteiger charge is -2.37. The molecular formula is C33H34F2N8O5. The van der Waals surface area contributed by atoms with Gasteiger partial charge >= 0.3 is 5.69 Å². The van der Waals surface area contributed by atoms with E-state index in [1.165, 1.54) is 45.0 Å². The van der Waals surface area contributed by atoms with Crippen molar-refractivity contribution in [3.05, 3.63) is 113 Å². The van der Waals surface area contributed by atoms with Crippen molar-refractivity contribution in [2.75, 3.05) is 55.8 Å². The van der Waals surface area contributed by atoms with Gasteiger partial charge in [0.25, 0.3) is 0 Å². The average Bonchev–Trinajstić information content (AvgIpc) is 3.86. The van der Waals surface area contributed by atoms with E-state index >= 15 is 0 Å². The molecule has 4 heterocycles. The van der Waals surface area contributed by atoms with Crippen LogP contribution in [0.5, 0.6) is 5.75 Å². The number of ether oxygens (including phenoxy) is 3. The van der Waals surface area contributed by atoms with Crippen LogP contribution in [-0.4, -0.2) is 86.3 Å². The SMILES string of the molecule is O=c1n(-c2ccc(N3CCN(c4ccc(OCC5COC(Cn6cncn6)(c6ccc(F)cc6F)O5)cc4)CC3)cc2)cnn1CCO. The highest BCUT2D eigenvalue weighted by Crippen LogP contribution is 2.38. The number of anilines is 2. The maximum Gasteiger partial charge on any atom is 0.350 e. The number of rotatable bonds is 11. The number of benzene rings is 3. The van der Waals surface area contributed by atoms with Crippen LogP contribution in [0, 0.1) is 11.6 Å². The van der Waals surface area contributed by atoms with E-state index in [2.05, 4.69) is 25.0 Å². The number of nitrogens with zero attached hydrogens (tertiary/aromatic N) is 8. The molecule has 250 valence electrons. The van der Waals surface area contributed by atoms with Gasteiger partial charge < -0.3 is 29.1 Å². The molecule has 0 bridgehead atoms.